The van der Waals surface area contributed by atoms with Crippen LogP contribution in [0, 0.1) is 6.92 Å². The monoisotopic (exact) mass is 287 g/mol. The number of carbonyl (C=O) groups is 1. The van der Waals surface area contributed by atoms with Gasteiger partial charge in [0.1, 0.15) is 0 Å². The number of aryl methyl sites for hydroxylation is 1. The van der Waals surface area contributed by atoms with E-state index in [1.807, 2.05) is 31.3 Å². The summed E-state index contributed by atoms with van der Waals surface area (Å²) in [6.07, 6.45) is 0.335. The predicted octanol–water partition coefficient (Wildman–Crippen LogP) is 3.85. The maximum Gasteiger partial charge on any atom is 0.227 e. The molecule has 2 rings (SSSR count). The van der Waals surface area contributed by atoms with Gasteiger partial charge >= 0.3 is 0 Å². The van der Waals surface area contributed by atoms with E-state index >= 15 is 0 Å². The zero-order chi connectivity index (χ0) is 14.5. The van der Waals surface area contributed by atoms with Gasteiger partial charge in [-0.1, -0.05) is 59.6 Å². The van der Waals surface area contributed by atoms with Gasteiger partial charge in [0.05, 0.1) is 6.42 Å². The molecule has 0 fully saturated rings. The lowest BCUT2D eigenvalue weighted by Gasteiger charge is -2.18. The smallest absolute Gasteiger partial charge is 0.227 e. The third-order valence-electron chi connectivity index (χ3n) is 3.27. The molecule has 2 nitrogen and oxygen atoms in total. The Morgan fingerprint density at radius 1 is 1.10 bits per heavy atom. The van der Waals surface area contributed by atoms with Crippen LogP contribution in [-0.4, -0.2) is 17.9 Å². The number of hydrogen-bond donors (Lipinski definition) is 0. The van der Waals surface area contributed by atoms with Gasteiger partial charge in [-0.3, -0.25) is 4.79 Å². The van der Waals surface area contributed by atoms with E-state index < -0.39 is 0 Å². The predicted molar refractivity (Wildman–Crippen MR) is 82.8 cm³/mol. The van der Waals surface area contributed by atoms with E-state index in [1.165, 1.54) is 5.56 Å². The zero-order valence-electron chi connectivity index (χ0n) is 11.8. The maximum absolute atomic E-state index is 12.2. The summed E-state index contributed by atoms with van der Waals surface area (Å²) in [5.74, 6) is 0.0682. The molecule has 0 aliphatic heterocycles. The first kappa shape index (κ1) is 14.6. The molecule has 0 atom stereocenters. The first-order valence-electron chi connectivity index (χ1n) is 6.59. The van der Waals surface area contributed by atoms with Gasteiger partial charge in [0, 0.05) is 18.6 Å². The molecular formula is C17H18ClNO. The minimum atomic E-state index is 0.0682. The summed E-state index contributed by atoms with van der Waals surface area (Å²) in [6, 6.07) is 15.7. The van der Waals surface area contributed by atoms with E-state index in [0.717, 1.165) is 11.1 Å². The largest absolute Gasteiger partial charge is 0.341 e. The average molecular weight is 288 g/mol. The minimum absolute atomic E-state index is 0.0682. The topological polar surface area (TPSA) is 20.3 Å². The van der Waals surface area contributed by atoms with Crippen LogP contribution in [0.3, 0.4) is 0 Å². The molecule has 2 aromatic rings. The first-order chi connectivity index (χ1) is 9.56. The molecule has 0 spiro atoms. The van der Waals surface area contributed by atoms with Crippen LogP contribution in [0.15, 0.2) is 48.5 Å². The summed E-state index contributed by atoms with van der Waals surface area (Å²) in [7, 11) is 1.82. The highest BCUT2D eigenvalue weighted by atomic mass is 35.5. The normalized spacial score (nSPS) is 10.3. The summed E-state index contributed by atoms with van der Waals surface area (Å²) in [6.45, 7) is 2.67. The molecule has 0 aliphatic carbocycles. The lowest BCUT2D eigenvalue weighted by molar-refractivity contribution is -0.129. The maximum atomic E-state index is 12.2. The van der Waals surface area contributed by atoms with Crippen LogP contribution in [0.1, 0.15) is 16.7 Å². The molecule has 104 valence electrons. The number of benzene rings is 2. The van der Waals surface area contributed by atoms with Gasteiger partial charge in [0.2, 0.25) is 5.91 Å². The molecule has 0 radical (unpaired) electrons. The Hall–Kier alpha value is -1.80. The summed E-state index contributed by atoms with van der Waals surface area (Å²) in [5, 5.41) is 0.643. The second-order valence-electron chi connectivity index (χ2n) is 5.00. The van der Waals surface area contributed by atoms with Gasteiger partial charge in [0.25, 0.3) is 0 Å². The lowest BCUT2D eigenvalue weighted by atomic mass is 10.1. The van der Waals surface area contributed by atoms with E-state index in [-0.39, 0.29) is 5.91 Å². The first-order valence-corrected chi connectivity index (χ1v) is 6.97. The Morgan fingerprint density at radius 2 is 1.75 bits per heavy atom. The number of carbonyl (C=O) groups excluding carboxylic acids is 1. The fourth-order valence-corrected chi connectivity index (χ4v) is 2.20. The third-order valence-corrected chi connectivity index (χ3v) is 3.63. The number of likely N-dealkylation sites (N-methyl/N-ethyl adjacent to an activating group) is 1. The van der Waals surface area contributed by atoms with E-state index in [4.69, 9.17) is 11.6 Å². The van der Waals surface area contributed by atoms with E-state index in [2.05, 4.69) is 31.2 Å². The molecule has 0 saturated carbocycles. The van der Waals surface area contributed by atoms with Gasteiger partial charge < -0.3 is 4.90 Å². The van der Waals surface area contributed by atoms with Crippen molar-refractivity contribution in [3.8, 4) is 0 Å². The van der Waals surface area contributed by atoms with Crippen LogP contribution < -0.4 is 0 Å². The molecule has 0 bridgehead atoms. The third kappa shape index (κ3) is 3.84. The Labute approximate surface area is 125 Å². The van der Waals surface area contributed by atoms with Crippen molar-refractivity contribution >= 4 is 17.5 Å². The molecule has 0 heterocycles. The zero-order valence-corrected chi connectivity index (χ0v) is 12.5. The van der Waals surface area contributed by atoms with E-state index in [9.17, 15) is 4.79 Å². The van der Waals surface area contributed by atoms with Crippen molar-refractivity contribution in [3.05, 3.63) is 70.2 Å². The second-order valence-corrected chi connectivity index (χ2v) is 5.41. The number of hydrogen-bond acceptors (Lipinski definition) is 1. The minimum Gasteiger partial charge on any atom is -0.341 e. The summed E-state index contributed by atoms with van der Waals surface area (Å²) >= 11 is 6.08. The van der Waals surface area contributed by atoms with Crippen LogP contribution in [0.5, 0.6) is 0 Å². The highest BCUT2D eigenvalue weighted by Gasteiger charge is 2.11. The van der Waals surface area contributed by atoms with E-state index in [0.29, 0.717) is 18.0 Å². The van der Waals surface area contributed by atoms with Crippen LogP contribution >= 0.6 is 11.6 Å². The summed E-state index contributed by atoms with van der Waals surface area (Å²) in [4.78, 5) is 13.9. The Balaban J connectivity index is 1.99. The van der Waals surface area contributed by atoms with Gasteiger partial charge in [-0.2, -0.15) is 0 Å². The van der Waals surface area contributed by atoms with Crippen molar-refractivity contribution in [2.45, 2.75) is 19.9 Å². The highest BCUT2D eigenvalue weighted by molar-refractivity contribution is 6.31. The number of nitrogens with zero attached hydrogens (tertiary/aromatic N) is 1. The summed E-state index contributed by atoms with van der Waals surface area (Å²) in [5.41, 5.74) is 3.22. The molecule has 20 heavy (non-hydrogen) atoms. The van der Waals surface area contributed by atoms with Crippen molar-refractivity contribution in [3.63, 3.8) is 0 Å². The average Bonchev–Trinajstić information content (AvgIpc) is 2.44. The second kappa shape index (κ2) is 6.58. The molecule has 1 amide bonds. The fraction of sp³-hybridized carbons (Fsp3) is 0.235. The van der Waals surface area contributed by atoms with Crippen LogP contribution in [-0.2, 0) is 17.8 Å². The Bertz CT molecular complexity index is 592. The van der Waals surface area contributed by atoms with E-state index in [1.54, 1.807) is 4.90 Å². The van der Waals surface area contributed by atoms with Crippen molar-refractivity contribution in [2.24, 2.45) is 0 Å². The van der Waals surface area contributed by atoms with Crippen LogP contribution in [0.4, 0.5) is 0 Å². The van der Waals surface area contributed by atoms with Gasteiger partial charge in [-0.25, -0.2) is 0 Å². The van der Waals surface area contributed by atoms with Crippen molar-refractivity contribution in [1.82, 2.24) is 4.90 Å². The Morgan fingerprint density at radius 3 is 2.40 bits per heavy atom. The standard InChI is InChI=1S/C17H18ClNO/c1-13-7-9-14(10-8-13)12-19(2)17(20)11-15-5-3-4-6-16(15)18/h3-10H,11-12H2,1-2H3. The number of amides is 1. The molecule has 0 aromatic heterocycles. The number of halogens is 1. The van der Waals surface area contributed by atoms with Gasteiger partial charge in [-0.15, -0.1) is 0 Å². The van der Waals surface area contributed by atoms with Gasteiger partial charge in [0.15, 0.2) is 0 Å². The quantitative estimate of drug-likeness (QED) is 0.836. The highest BCUT2D eigenvalue weighted by Crippen LogP contribution is 2.16. The molecule has 0 saturated heterocycles. The number of rotatable bonds is 4. The van der Waals surface area contributed by atoms with Crippen LogP contribution in [0.25, 0.3) is 0 Å². The van der Waals surface area contributed by atoms with Crippen molar-refractivity contribution in [1.29, 1.82) is 0 Å². The molecule has 2 aromatic carbocycles. The lowest BCUT2D eigenvalue weighted by Crippen LogP contribution is -2.27. The van der Waals surface area contributed by atoms with Gasteiger partial charge in [-0.05, 0) is 24.1 Å². The Kier molecular flexibility index (Phi) is 4.80. The molecule has 0 N–H and O–H groups in total. The van der Waals surface area contributed by atoms with Crippen molar-refractivity contribution in [2.75, 3.05) is 7.05 Å². The molecule has 0 unspecified atom stereocenters. The fourth-order valence-electron chi connectivity index (χ4n) is 2.00. The molecular weight excluding hydrogens is 270 g/mol. The van der Waals surface area contributed by atoms with Crippen LogP contribution in [0.2, 0.25) is 5.02 Å². The molecule has 3 heteroatoms. The van der Waals surface area contributed by atoms with Crippen molar-refractivity contribution < 1.29 is 4.79 Å². The SMILES string of the molecule is Cc1ccc(CN(C)C(=O)Cc2ccccc2Cl)cc1. The summed E-state index contributed by atoms with van der Waals surface area (Å²) < 4.78 is 0. The molecule has 0 aliphatic rings.